The Labute approximate surface area is 165 Å². The van der Waals surface area contributed by atoms with Crippen LogP contribution in [0.4, 0.5) is 0 Å². The Kier molecular flexibility index (Phi) is 7.50. The normalized spacial score (nSPS) is 15.5. The maximum atomic E-state index is 12.9. The lowest BCUT2D eigenvalue weighted by Crippen LogP contribution is -2.40. The number of hydrogen-bond donors (Lipinski definition) is 2. The van der Waals surface area contributed by atoms with Crippen LogP contribution in [0.3, 0.4) is 0 Å². The van der Waals surface area contributed by atoms with Crippen molar-refractivity contribution in [2.24, 2.45) is 13.0 Å². The van der Waals surface area contributed by atoms with Crippen LogP contribution < -0.4 is 20.1 Å². The lowest BCUT2D eigenvalue weighted by molar-refractivity contribution is -0.126. The van der Waals surface area contributed by atoms with Crippen LogP contribution in [0.25, 0.3) is 0 Å². The first kappa shape index (κ1) is 21.1. The lowest BCUT2D eigenvalue weighted by Gasteiger charge is -2.26. The number of nitrogens with one attached hydrogen (secondary N) is 2. The second-order valence-corrected chi connectivity index (χ2v) is 6.51. The molecular weight excluding hydrogens is 368 g/mol. The summed E-state index contributed by atoms with van der Waals surface area (Å²) in [6.45, 7) is 1.75. The monoisotopic (exact) mass is 394 g/mol. The third kappa shape index (κ3) is 4.93. The Morgan fingerprint density at radius 1 is 1.22 bits per heavy atom. The van der Waals surface area contributed by atoms with E-state index in [0.717, 1.165) is 37.3 Å². The number of nitrogens with zero attached hydrogens (tertiary/aromatic N) is 2. The topological polar surface area (TPSA) is 77.4 Å². The van der Waals surface area contributed by atoms with Gasteiger partial charge < -0.3 is 24.7 Å². The number of amides is 1. The number of carbonyl (C=O) groups is 1. The van der Waals surface area contributed by atoms with Gasteiger partial charge in [0.25, 0.3) is 0 Å². The van der Waals surface area contributed by atoms with E-state index in [0.29, 0.717) is 11.5 Å². The van der Waals surface area contributed by atoms with Crippen molar-refractivity contribution in [3.8, 4) is 11.5 Å². The minimum absolute atomic E-state index is 0. The van der Waals surface area contributed by atoms with Crippen molar-refractivity contribution in [2.75, 3.05) is 27.3 Å². The van der Waals surface area contributed by atoms with Crippen LogP contribution in [-0.4, -0.2) is 42.8 Å². The molecule has 0 spiro atoms. The summed E-state index contributed by atoms with van der Waals surface area (Å²) in [5, 5.41) is 6.48. The summed E-state index contributed by atoms with van der Waals surface area (Å²) in [6, 6.07) is 5.25. The van der Waals surface area contributed by atoms with Gasteiger partial charge in [0.2, 0.25) is 5.91 Å². The summed E-state index contributed by atoms with van der Waals surface area (Å²) in [5.41, 5.74) is 0.873. The number of piperidine rings is 1. The Bertz CT molecular complexity index is 737. The van der Waals surface area contributed by atoms with Crippen LogP contribution in [-0.2, 0) is 11.8 Å². The molecule has 7 nitrogen and oxygen atoms in total. The minimum Gasteiger partial charge on any atom is -0.497 e. The fraction of sp³-hybridized carbons (Fsp3) is 0.474. The van der Waals surface area contributed by atoms with Gasteiger partial charge in [0, 0.05) is 31.4 Å². The van der Waals surface area contributed by atoms with Crippen molar-refractivity contribution >= 4 is 18.3 Å². The van der Waals surface area contributed by atoms with E-state index in [1.165, 1.54) is 0 Å². The second-order valence-electron chi connectivity index (χ2n) is 6.51. The van der Waals surface area contributed by atoms with Crippen LogP contribution in [0.15, 0.2) is 30.6 Å². The van der Waals surface area contributed by atoms with Crippen molar-refractivity contribution in [1.82, 2.24) is 20.2 Å². The number of aromatic nitrogens is 2. The number of ether oxygens (including phenoxy) is 2. The van der Waals surface area contributed by atoms with E-state index in [-0.39, 0.29) is 30.3 Å². The molecule has 1 fully saturated rings. The molecule has 1 saturated heterocycles. The lowest BCUT2D eigenvalue weighted by atomic mass is 9.96. The smallest absolute Gasteiger partial charge is 0.224 e. The predicted molar refractivity (Wildman–Crippen MR) is 106 cm³/mol. The molecule has 1 amide bonds. The second kappa shape index (κ2) is 9.62. The molecule has 1 aliphatic heterocycles. The molecule has 2 aromatic rings. The predicted octanol–water partition coefficient (Wildman–Crippen LogP) is 2.06. The first-order chi connectivity index (χ1) is 12.6. The minimum atomic E-state index is -0.374. The van der Waals surface area contributed by atoms with Crippen LogP contribution in [0, 0.1) is 5.92 Å². The molecule has 1 unspecified atom stereocenters. The molecule has 1 aliphatic rings. The van der Waals surface area contributed by atoms with Crippen molar-refractivity contribution in [2.45, 2.75) is 18.9 Å². The number of rotatable bonds is 6. The number of carbonyl (C=O) groups excluding carboxylic acids is 1. The summed E-state index contributed by atoms with van der Waals surface area (Å²) in [5.74, 6) is 2.19. The van der Waals surface area contributed by atoms with Crippen LogP contribution in [0.5, 0.6) is 11.5 Å². The average molecular weight is 395 g/mol. The molecule has 0 saturated carbocycles. The van der Waals surface area contributed by atoms with E-state index in [1.54, 1.807) is 20.4 Å². The fourth-order valence-corrected chi connectivity index (χ4v) is 3.29. The highest BCUT2D eigenvalue weighted by Crippen LogP contribution is 2.30. The molecule has 0 bridgehead atoms. The Morgan fingerprint density at radius 2 is 1.85 bits per heavy atom. The quantitative estimate of drug-likeness (QED) is 0.784. The summed E-state index contributed by atoms with van der Waals surface area (Å²) in [4.78, 5) is 17.3. The maximum Gasteiger partial charge on any atom is 0.224 e. The van der Waals surface area contributed by atoms with Crippen LogP contribution >= 0.6 is 12.4 Å². The molecule has 0 aliphatic carbocycles. The standard InChI is InChI=1S/C19H26N4O3.ClH/c1-23-9-8-21-18(23)17(22-19(24)13-4-6-20-7-5-13)14-10-15(25-2)12-16(11-14)26-3;/h8-13,17,20H,4-7H2,1-3H3,(H,22,24);1H. The van der Waals surface area contributed by atoms with Crippen LogP contribution in [0.1, 0.15) is 30.3 Å². The average Bonchev–Trinajstić information content (AvgIpc) is 3.11. The molecule has 27 heavy (non-hydrogen) atoms. The molecular formula is C19H27ClN4O3. The zero-order valence-electron chi connectivity index (χ0n) is 15.9. The van der Waals surface area contributed by atoms with Crippen LogP contribution in [0.2, 0.25) is 0 Å². The third-order valence-corrected chi connectivity index (χ3v) is 4.82. The van der Waals surface area contributed by atoms with E-state index >= 15 is 0 Å². The van der Waals surface area contributed by atoms with Gasteiger partial charge in [-0.2, -0.15) is 0 Å². The van der Waals surface area contributed by atoms with Gasteiger partial charge >= 0.3 is 0 Å². The van der Waals surface area contributed by atoms with Gasteiger partial charge in [-0.1, -0.05) is 0 Å². The number of hydrogen-bond acceptors (Lipinski definition) is 5. The number of benzene rings is 1. The summed E-state index contributed by atoms with van der Waals surface area (Å²) < 4.78 is 12.7. The fourth-order valence-electron chi connectivity index (χ4n) is 3.29. The zero-order valence-corrected chi connectivity index (χ0v) is 16.7. The van der Waals surface area contributed by atoms with Gasteiger partial charge in [0.15, 0.2) is 0 Å². The van der Waals surface area contributed by atoms with Crippen molar-refractivity contribution in [1.29, 1.82) is 0 Å². The van der Waals surface area contributed by atoms with Gasteiger partial charge in [0.05, 0.1) is 14.2 Å². The molecule has 0 radical (unpaired) electrons. The van der Waals surface area contributed by atoms with E-state index in [9.17, 15) is 4.79 Å². The van der Waals surface area contributed by atoms with E-state index in [1.807, 2.05) is 36.0 Å². The highest BCUT2D eigenvalue weighted by atomic mass is 35.5. The maximum absolute atomic E-state index is 12.9. The van der Waals surface area contributed by atoms with E-state index < -0.39 is 0 Å². The number of imidazole rings is 1. The molecule has 2 N–H and O–H groups in total. The summed E-state index contributed by atoms with van der Waals surface area (Å²) >= 11 is 0. The Balaban J connectivity index is 0.00000261. The highest BCUT2D eigenvalue weighted by molar-refractivity contribution is 5.85. The molecule has 3 rings (SSSR count). The summed E-state index contributed by atoms with van der Waals surface area (Å²) in [7, 11) is 5.15. The third-order valence-electron chi connectivity index (χ3n) is 4.82. The highest BCUT2D eigenvalue weighted by Gasteiger charge is 2.27. The summed E-state index contributed by atoms with van der Waals surface area (Å²) in [6.07, 6.45) is 5.30. The number of aryl methyl sites for hydroxylation is 1. The van der Waals surface area contributed by atoms with E-state index in [2.05, 4.69) is 15.6 Å². The largest absolute Gasteiger partial charge is 0.497 e. The molecule has 1 aromatic carbocycles. The number of halogens is 1. The molecule has 8 heteroatoms. The van der Waals surface area contributed by atoms with Crippen molar-refractivity contribution in [3.63, 3.8) is 0 Å². The van der Waals surface area contributed by atoms with Gasteiger partial charge in [-0.05, 0) is 43.6 Å². The first-order valence-corrected chi connectivity index (χ1v) is 8.83. The Morgan fingerprint density at radius 3 is 2.37 bits per heavy atom. The molecule has 1 aromatic heterocycles. The van der Waals surface area contributed by atoms with Crippen molar-refractivity contribution in [3.05, 3.63) is 42.0 Å². The molecule has 1 atom stereocenters. The van der Waals surface area contributed by atoms with Gasteiger partial charge in [0.1, 0.15) is 23.4 Å². The van der Waals surface area contributed by atoms with E-state index in [4.69, 9.17) is 9.47 Å². The van der Waals surface area contributed by atoms with Crippen molar-refractivity contribution < 1.29 is 14.3 Å². The molecule has 2 heterocycles. The van der Waals surface area contributed by atoms with Gasteiger partial charge in [-0.25, -0.2) is 4.98 Å². The Hall–Kier alpha value is -2.25. The van der Waals surface area contributed by atoms with Gasteiger partial charge in [-0.3, -0.25) is 4.79 Å². The number of methoxy groups -OCH3 is 2. The van der Waals surface area contributed by atoms with Gasteiger partial charge in [-0.15, -0.1) is 12.4 Å². The first-order valence-electron chi connectivity index (χ1n) is 8.83. The molecule has 148 valence electrons. The SMILES string of the molecule is COc1cc(OC)cc(C(NC(=O)C2CCNCC2)c2nccn2C)c1.Cl. The zero-order chi connectivity index (χ0) is 18.5.